The van der Waals surface area contributed by atoms with Crippen LogP contribution in [0.25, 0.3) is 0 Å². The van der Waals surface area contributed by atoms with Crippen molar-refractivity contribution < 1.29 is 19.5 Å². The minimum Gasteiger partial charge on any atom is -0.305 e. The lowest BCUT2D eigenvalue weighted by Gasteiger charge is -2.39. The summed E-state index contributed by atoms with van der Waals surface area (Å²) in [5, 5.41) is 5.20. The number of alkyl halides is 1. The van der Waals surface area contributed by atoms with E-state index < -0.39 is 11.6 Å². The zero-order valence-electron chi connectivity index (χ0n) is 23.2. The molecule has 0 aromatic heterocycles. The second-order valence-electron chi connectivity index (χ2n) is 12.3. The minimum atomic E-state index is -1.67. The van der Waals surface area contributed by atoms with Crippen molar-refractivity contribution in [2.45, 2.75) is 131 Å². The van der Waals surface area contributed by atoms with Gasteiger partial charge in [0.1, 0.15) is 6.04 Å². The summed E-state index contributed by atoms with van der Waals surface area (Å²) in [6, 6.07) is 1.21. The van der Waals surface area contributed by atoms with E-state index in [1.54, 1.807) is 7.11 Å². The molecular weight excluding hydrogens is 507 g/mol. The number of likely N-dealkylation sites (tertiary alicyclic amines) is 1. The van der Waals surface area contributed by atoms with Gasteiger partial charge in [-0.15, -0.1) is 0 Å². The number of hydrogen-bond acceptors (Lipinski definition) is 6. The highest BCUT2D eigenvalue weighted by atomic mass is 32.2. The van der Waals surface area contributed by atoms with Gasteiger partial charge < -0.3 is 10.2 Å². The normalized spacial score (nSPS) is 30.5. The summed E-state index contributed by atoms with van der Waals surface area (Å²) < 4.78 is 17.9. The third-order valence-electron chi connectivity index (χ3n) is 9.00. The van der Waals surface area contributed by atoms with Crippen molar-refractivity contribution in [2.24, 2.45) is 5.92 Å². The molecule has 37 heavy (non-hydrogen) atoms. The lowest BCUT2D eigenvalue weighted by molar-refractivity contribution is -0.914. The smallest absolute Gasteiger partial charge is 0.267 e. The number of rotatable bonds is 13. The number of quaternary nitrogens is 1. The number of halogens is 1. The van der Waals surface area contributed by atoms with Crippen molar-refractivity contribution in [3.05, 3.63) is 0 Å². The van der Waals surface area contributed by atoms with Crippen molar-refractivity contribution in [2.75, 3.05) is 32.5 Å². The zero-order chi connectivity index (χ0) is 26.1. The summed E-state index contributed by atoms with van der Waals surface area (Å²) in [4.78, 5) is 20.7. The van der Waals surface area contributed by atoms with Gasteiger partial charge in [-0.3, -0.25) is 9.52 Å². The molecule has 3 aliphatic carbocycles. The highest BCUT2D eigenvalue weighted by molar-refractivity contribution is 8.00. The number of nitrogens with zero attached hydrogens (tertiary/aromatic N) is 1. The number of nitrogens with one attached hydrogen (secondary N) is 2. The van der Waals surface area contributed by atoms with Crippen molar-refractivity contribution in [1.29, 1.82) is 0 Å². The molecule has 4 unspecified atom stereocenters. The van der Waals surface area contributed by atoms with E-state index in [1.165, 1.54) is 75.9 Å². The highest BCUT2D eigenvalue weighted by Crippen LogP contribution is 2.34. The van der Waals surface area contributed by atoms with Crippen LogP contribution in [0.1, 0.15) is 96.8 Å². The first-order valence-electron chi connectivity index (χ1n) is 15.1. The number of carbonyl (C=O) groups is 1. The lowest BCUT2D eigenvalue weighted by Crippen LogP contribution is -2.93. The summed E-state index contributed by atoms with van der Waals surface area (Å²) in [5.41, 5.74) is 0.325. The van der Waals surface area contributed by atoms with Gasteiger partial charge in [-0.2, -0.15) is 17.2 Å². The molecule has 9 heteroatoms. The fourth-order valence-corrected chi connectivity index (χ4v) is 9.19. The van der Waals surface area contributed by atoms with E-state index >= 15 is 4.39 Å². The van der Waals surface area contributed by atoms with Crippen molar-refractivity contribution in [3.8, 4) is 0 Å². The van der Waals surface area contributed by atoms with E-state index in [2.05, 4.69) is 33.6 Å². The van der Waals surface area contributed by atoms with Gasteiger partial charge in [-0.1, -0.05) is 32.6 Å². The van der Waals surface area contributed by atoms with E-state index in [0.29, 0.717) is 36.2 Å². The quantitative estimate of drug-likeness (QED) is 0.232. The molecule has 4 atom stereocenters. The fraction of sp³-hybridized carbons (Fsp3) is 0.964. The van der Waals surface area contributed by atoms with Crippen LogP contribution in [0.15, 0.2) is 0 Å². The second-order valence-corrected chi connectivity index (χ2v) is 14.7. The van der Waals surface area contributed by atoms with Gasteiger partial charge in [0.05, 0.1) is 13.2 Å². The van der Waals surface area contributed by atoms with Crippen molar-refractivity contribution in [3.63, 3.8) is 0 Å². The van der Waals surface area contributed by atoms with Gasteiger partial charge in [0.15, 0.2) is 5.67 Å². The molecule has 1 amide bonds. The molecule has 4 rings (SSSR count). The average molecular weight is 560 g/mol. The van der Waals surface area contributed by atoms with Gasteiger partial charge in [0.25, 0.3) is 5.91 Å². The Morgan fingerprint density at radius 1 is 1.08 bits per heavy atom. The number of hydrogen-bond donors (Lipinski definition) is 3. The van der Waals surface area contributed by atoms with Gasteiger partial charge in [-0.25, -0.2) is 9.23 Å². The van der Waals surface area contributed by atoms with Crippen LogP contribution < -0.4 is 15.5 Å². The van der Waals surface area contributed by atoms with Crippen LogP contribution in [0.2, 0.25) is 0 Å². The Bertz CT molecular complexity index is 687. The van der Waals surface area contributed by atoms with Crippen LogP contribution >= 0.6 is 23.7 Å². The number of nitrogens with two attached hydrogens (primary N) is 1. The molecule has 3 saturated carbocycles. The predicted octanol–water partition coefficient (Wildman–Crippen LogP) is 4.20. The number of amides is 1. The maximum Gasteiger partial charge on any atom is 0.267 e. The topological polar surface area (TPSA) is 70.2 Å². The monoisotopic (exact) mass is 559 g/mol. The number of thioether (sulfide) groups is 1. The van der Waals surface area contributed by atoms with E-state index in [-0.39, 0.29) is 0 Å². The first kappa shape index (κ1) is 29.9. The standard InChI is InChI=1S/C28H51FN4O2S2/c1-21-18-33(19-21)16-13-22(20-36-23-9-5-3-6-10-23)30-25-12-11-24(17-26(25)31-35-2)37-32-27(34)28(29)14-7-4-8-15-28/h21-26,30-31H,3-20H2,1-2H3,(H,32,34)/p+1. The first-order valence-corrected chi connectivity index (χ1v) is 17.0. The Hall–Kier alpha value is -0.0600. The molecule has 0 spiro atoms. The molecule has 1 heterocycles. The maximum atomic E-state index is 15.0. The van der Waals surface area contributed by atoms with E-state index in [4.69, 9.17) is 4.84 Å². The minimum absolute atomic E-state index is 0.295. The van der Waals surface area contributed by atoms with Gasteiger partial charge in [0.2, 0.25) is 0 Å². The molecule has 214 valence electrons. The molecule has 0 bridgehead atoms. The lowest BCUT2D eigenvalue weighted by atomic mass is 9.86. The molecule has 4 fully saturated rings. The fourth-order valence-electron chi connectivity index (χ4n) is 6.72. The Morgan fingerprint density at radius 2 is 1.81 bits per heavy atom. The van der Waals surface area contributed by atoms with Gasteiger partial charge >= 0.3 is 0 Å². The van der Waals surface area contributed by atoms with Crippen LogP contribution in [0.3, 0.4) is 0 Å². The molecule has 1 aliphatic heterocycles. The average Bonchev–Trinajstić information content (AvgIpc) is 2.89. The Labute approximate surface area is 233 Å². The molecule has 1 saturated heterocycles. The summed E-state index contributed by atoms with van der Waals surface area (Å²) in [6.45, 7) is 6.03. The van der Waals surface area contributed by atoms with Crippen LogP contribution in [0.4, 0.5) is 4.39 Å². The largest absolute Gasteiger partial charge is 0.305 e. The summed E-state index contributed by atoms with van der Waals surface area (Å²) in [6.07, 6.45) is 14.6. The predicted molar refractivity (Wildman–Crippen MR) is 153 cm³/mol. The molecule has 0 aromatic rings. The Balaban J connectivity index is 1.27. The molecule has 4 aliphatic rings. The van der Waals surface area contributed by atoms with Crippen LogP contribution in [-0.2, 0) is 9.63 Å². The molecule has 6 nitrogen and oxygen atoms in total. The van der Waals surface area contributed by atoms with Gasteiger partial charge in [0, 0.05) is 41.8 Å². The van der Waals surface area contributed by atoms with E-state index in [9.17, 15) is 4.79 Å². The van der Waals surface area contributed by atoms with E-state index in [1.807, 2.05) is 5.48 Å². The molecular formula is C28H52FN4O2S2+. The maximum absolute atomic E-state index is 15.0. The molecule has 0 aromatic carbocycles. The highest BCUT2D eigenvalue weighted by Gasteiger charge is 2.41. The third kappa shape index (κ3) is 9.24. The SMILES string of the molecule is CO[NH2+]C1CC(SNC(=O)C2(F)CCCCC2)CCC1NC(CCN1CC(C)C1)CSC1CCCCC1. The van der Waals surface area contributed by atoms with Crippen LogP contribution in [0, 0.1) is 5.92 Å². The number of carbonyl (C=O) groups excluding carboxylic acids is 1. The summed E-state index contributed by atoms with van der Waals surface area (Å²) in [5.74, 6) is 1.63. The third-order valence-corrected chi connectivity index (χ3v) is 11.6. The van der Waals surface area contributed by atoms with Crippen molar-refractivity contribution >= 4 is 29.6 Å². The Morgan fingerprint density at radius 3 is 2.51 bits per heavy atom. The van der Waals surface area contributed by atoms with Crippen molar-refractivity contribution in [1.82, 2.24) is 14.9 Å². The Kier molecular flexibility index (Phi) is 12.2. The zero-order valence-corrected chi connectivity index (χ0v) is 24.9. The molecule has 0 radical (unpaired) electrons. The van der Waals surface area contributed by atoms with Crippen LogP contribution in [0.5, 0.6) is 0 Å². The molecule has 4 N–H and O–H groups in total. The number of hydroxylamine groups is 1. The van der Waals surface area contributed by atoms with Gasteiger partial charge in [-0.05, 0) is 82.2 Å². The summed E-state index contributed by atoms with van der Waals surface area (Å²) in [7, 11) is 1.74. The van der Waals surface area contributed by atoms with Crippen LogP contribution in [-0.4, -0.2) is 77.6 Å². The summed E-state index contributed by atoms with van der Waals surface area (Å²) >= 11 is 3.65. The second kappa shape index (κ2) is 15.1. The first-order chi connectivity index (χ1) is 17.9. The van der Waals surface area contributed by atoms with E-state index in [0.717, 1.165) is 49.7 Å².